The fourth-order valence-corrected chi connectivity index (χ4v) is 8.54. The molecule has 178 valence electrons. The third-order valence-electron chi connectivity index (χ3n) is 8.11. The van der Waals surface area contributed by atoms with Crippen LogP contribution in [0.4, 0.5) is 5.69 Å². The molecule has 2 aromatic rings. The summed E-state index contributed by atoms with van der Waals surface area (Å²) in [7, 11) is 0. The number of aryl methyl sites for hydroxylation is 1. The molecule has 1 aliphatic carbocycles. The number of nitrogens with zero attached hydrogens (tertiary/aromatic N) is 1. The fraction of sp³-hybridized carbons (Fsp3) is 0.724. The molecule has 0 radical (unpaired) electrons. The summed E-state index contributed by atoms with van der Waals surface area (Å²) < 4.78 is 0. The first-order chi connectivity index (χ1) is 15.5. The number of thiophene rings is 2. The van der Waals surface area contributed by atoms with Crippen LogP contribution >= 0.6 is 22.7 Å². The maximum absolute atomic E-state index is 2.98. The van der Waals surface area contributed by atoms with Crippen molar-refractivity contribution in [1.29, 1.82) is 0 Å². The molecule has 0 saturated heterocycles. The van der Waals surface area contributed by atoms with Crippen LogP contribution in [0.25, 0.3) is 9.75 Å². The van der Waals surface area contributed by atoms with Gasteiger partial charge in [-0.2, -0.15) is 0 Å². The van der Waals surface area contributed by atoms with E-state index >= 15 is 0 Å². The molecule has 4 rings (SSSR count). The minimum atomic E-state index is 0.224. The highest BCUT2D eigenvalue weighted by molar-refractivity contribution is 7.23. The molecule has 1 fully saturated rings. The first-order valence-electron chi connectivity index (χ1n) is 13.6. The van der Waals surface area contributed by atoms with Gasteiger partial charge < -0.3 is 4.90 Å². The van der Waals surface area contributed by atoms with Crippen molar-refractivity contribution in [2.45, 2.75) is 123 Å². The van der Waals surface area contributed by atoms with E-state index in [1.54, 1.807) is 30.8 Å². The molecular weight excluding hydrogens is 426 g/mol. The van der Waals surface area contributed by atoms with Crippen LogP contribution in [0, 0.1) is 5.92 Å². The Bertz CT molecular complexity index is 866. The fourth-order valence-electron chi connectivity index (χ4n) is 6.03. The van der Waals surface area contributed by atoms with Crippen molar-refractivity contribution >= 4 is 28.4 Å². The molecule has 0 bridgehead atoms. The molecule has 2 aliphatic rings. The van der Waals surface area contributed by atoms with Gasteiger partial charge in [-0.1, -0.05) is 86.0 Å². The van der Waals surface area contributed by atoms with Gasteiger partial charge in [-0.25, -0.2) is 0 Å². The molecule has 0 N–H and O–H groups in total. The van der Waals surface area contributed by atoms with Gasteiger partial charge in [0.25, 0.3) is 0 Å². The van der Waals surface area contributed by atoms with E-state index in [1.165, 1.54) is 83.6 Å². The molecule has 1 nitrogen and oxygen atoms in total. The molecule has 1 unspecified atom stereocenters. The van der Waals surface area contributed by atoms with Crippen LogP contribution < -0.4 is 4.90 Å². The zero-order valence-electron chi connectivity index (χ0n) is 21.3. The van der Waals surface area contributed by atoms with Gasteiger partial charge >= 0.3 is 0 Å². The second kappa shape index (κ2) is 10.6. The first-order valence-corrected chi connectivity index (χ1v) is 15.2. The quantitative estimate of drug-likeness (QED) is 0.370. The second-order valence-corrected chi connectivity index (χ2v) is 12.9. The Morgan fingerprint density at radius 1 is 0.938 bits per heavy atom. The Kier molecular flexibility index (Phi) is 8.09. The van der Waals surface area contributed by atoms with Crippen LogP contribution in [0.3, 0.4) is 0 Å². The van der Waals surface area contributed by atoms with Crippen molar-refractivity contribution in [3.8, 4) is 9.75 Å². The minimum absolute atomic E-state index is 0.224. The summed E-state index contributed by atoms with van der Waals surface area (Å²) in [6.07, 6.45) is 16.3. The number of hydrogen-bond donors (Lipinski definition) is 0. The van der Waals surface area contributed by atoms with Crippen LogP contribution in [-0.2, 0) is 12.0 Å². The van der Waals surface area contributed by atoms with E-state index in [9.17, 15) is 0 Å². The van der Waals surface area contributed by atoms with E-state index in [0.717, 1.165) is 5.92 Å². The smallest absolute Gasteiger partial charge is 0.0683 e. The summed E-state index contributed by atoms with van der Waals surface area (Å²) in [5, 5.41) is 0. The van der Waals surface area contributed by atoms with Crippen LogP contribution in [0.5, 0.6) is 0 Å². The Balaban J connectivity index is 1.86. The van der Waals surface area contributed by atoms with E-state index in [2.05, 4.69) is 74.3 Å². The zero-order chi connectivity index (χ0) is 22.7. The Labute approximate surface area is 205 Å². The maximum atomic E-state index is 2.98. The Morgan fingerprint density at radius 2 is 1.66 bits per heavy atom. The third kappa shape index (κ3) is 4.58. The molecule has 1 spiro atoms. The molecule has 3 heteroatoms. The summed E-state index contributed by atoms with van der Waals surface area (Å²) in [5.41, 5.74) is 3.52. The number of fused-ring (bicyclic) bond motifs is 4. The van der Waals surface area contributed by atoms with Gasteiger partial charge in [0.2, 0.25) is 0 Å². The summed E-state index contributed by atoms with van der Waals surface area (Å²) in [6, 6.07) is 5.24. The highest BCUT2D eigenvalue weighted by atomic mass is 32.1. The number of unbranched alkanes of at least 4 members (excludes halogenated alkanes) is 1. The summed E-state index contributed by atoms with van der Waals surface area (Å²) in [5.74, 6) is 1.41. The van der Waals surface area contributed by atoms with E-state index in [1.807, 2.05) is 0 Å². The lowest BCUT2D eigenvalue weighted by molar-refractivity contribution is 0.278. The predicted octanol–water partition coefficient (Wildman–Crippen LogP) is 10.1. The van der Waals surface area contributed by atoms with Gasteiger partial charge in [-0.3, -0.25) is 0 Å². The Hall–Kier alpha value is -0.800. The molecule has 0 amide bonds. The van der Waals surface area contributed by atoms with E-state index in [-0.39, 0.29) is 5.54 Å². The normalized spacial score (nSPS) is 19.0. The van der Waals surface area contributed by atoms with E-state index in [0.29, 0.717) is 5.92 Å². The SMILES string of the molecule is CCCCC(CC)CN1c2cc(C(C)C)sc2-c2sc(CC)cc2C12CCCCCCC2. The molecule has 0 aromatic carbocycles. The van der Waals surface area contributed by atoms with Crippen molar-refractivity contribution in [3.05, 3.63) is 27.5 Å². The summed E-state index contributed by atoms with van der Waals surface area (Å²) >= 11 is 4.20. The van der Waals surface area contributed by atoms with Crippen molar-refractivity contribution in [3.63, 3.8) is 0 Å². The van der Waals surface area contributed by atoms with E-state index in [4.69, 9.17) is 0 Å². The van der Waals surface area contributed by atoms with Crippen LogP contribution in [0.2, 0.25) is 0 Å². The van der Waals surface area contributed by atoms with Crippen molar-refractivity contribution in [2.24, 2.45) is 5.92 Å². The largest absolute Gasteiger partial charge is 0.360 e. The van der Waals surface area contributed by atoms with Gasteiger partial charge in [0.05, 0.1) is 21.0 Å². The van der Waals surface area contributed by atoms with Crippen LogP contribution in [0.1, 0.15) is 126 Å². The van der Waals surface area contributed by atoms with Gasteiger partial charge in [0.15, 0.2) is 0 Å². The number of hydrogen-bond acceptors (Lipinski definition) is 3. The van der Waals surface area contributed by atoms with Crippen molar-refractivity contribution in [1.82, 2.24) is 0 Å². The first kappa shape index (κ1) is 24.3. The molecule has 1 aliphatic heterocycles. The summed E-state index contributed by atoms with van der Waals surface area (Å²) in [4.78, 5) is 9.36. The second-order valence-electron chi connectivity index (χ2n) is 10.7. The highest BCUT2D eigenvalue weighted by Gasteiger charge is 2.46. The van der Waals surface area contributed by atoms with Crippen LogP contribution in [0.15, 0.2) is 12.1 Å². The number of anilines is 1. The summed E-state index contributed by atoms with van der Waals surface area (Å²) in [6.45, 7) is 13.1. The van der Waals surface area contributed by atoms with Gasteiger partial charge in [0.1, 0.15) is 0 Å². The minimum Gasteiger partial charge on any atom is -0.360 e. The van der Waals surface area contributed by atoms with Crippen molar-refractivity contribution < 1.29 is 0 Å². The lowest BCUT2D eigenvalue weighted by Crippen LogP contribution is -2.50. The highest BCUT2D eigenvalue weighted by Crippen LogP contribution is 2.58. The Morgan fingerprint density at radius 3 is 2.28 bits per heavy atom. The lowest BCUT2D eigenvalue weighted by Gasteiger charge is -2.51. The zero-order valence-corrected chi connectivity index (χ0v) is 22.9. The maximum Gasteiger partial charge on any atom is 0.0683 e. The molecule has 1 saturated carbocycles. The monoisotopic (exact) mass is 471 g/mol. The molecule has 3 heterocycles. The van der Waals surface area contributed by atoms with E-state index < -0.39 is 0 Å². The standard InChI is InChI=1S/C29H45NS2/c1-6-9-15-22(7-2)20-30-25-19-26(21(4)5)32-28(25)27-24(18-23(8-3)31-27)29(30)16-13-11-10-12-14-17-29/h18-19,21-22H,6-17,20H2,1-5H3. The van der Waals surface area contributed by atoms with Gasteiger partial charge in [0, 0.05) is 16.3 Å². The third-order valence-corrected chi connectivity index (χ3v) is 11.0. The van der Waals surface area contributed by atoms with Gasteiger partial charge in [-0.15, -0.1) is 22.7 Å². The molecule has 32 heavy (non-hydrogen) atoms. The van der Waals surface area contributed by atoms with Crippen molar-refractivity contribution in [2.75, 3.05) is 11.4 Å². The van der Waals surface area contributed by atoms with Gasteiger partial charge in [-0.05, 0) is 55.2 Å². The average Bonchev–Trinajstić information content (AvgIpc) is 3.40. The molecule has 2 aromatic heterocycles. The number of rotatable bonds is 8. The lowest BCUT2D eigenvalue weighted by atomic mass is 9.74. The average molecular weight is 472 g/mol. The van der Waals surface area contributed by atoms with Crippen LogP contribution in [-0.4, -0.2) is 6.54 Å². The molecule has 1 atom stereocenters. The molecular formula is C29H45NS2. The predicted molar refractivity (Wildman–Crippen MR) is 146 cm³/mol. The topological polar surface area (TPSA) is 3.24 Å².